The van der Waals surface area contributed by atoms with E-state index in [1.165, 1.54) is 12.1 Å². The molecule has 0 bridgehead atoms. The molecule has 0 radical (unpaired) electrons. The van der Waals surface area contributed by atoms with Crippen molar-refractivity contribution in [3.05, 3.63) is 35.4 Å². The lowest BCUT2D eigenvalue weighted by molar-refractivity contribution is 0.0377. The summed E-state index contributed by atoms with van der Waals surface area (Å²) in [6.45, 7) is 4.55. The van der Waals surface area contributed by atoms with Crippen LogP contribution in [0.4, 0.5) is 8.78 Å². The Kier molecular flexibility index (Phi) is 6.22. The van der Waals surface area contributed by atoms with Gasteiger partial charge in [-0.1, -0.05) is 19.4 Å². The van der Waals surface area contributed by atoms with Gasteiger partial charge in [0.05, 0.1) is 6.10 Å². The van der Waals surface area contributed by atoms with Crippen LogP contribution < -0.4 is 5.73 Å². The number of ether oxygens (including phenoxy) is 1. The van der Waals surface area contributed by atoms with E-state index in [1.807, 2.05) is 6.92 Å². The Labute approximate surface area is 107 Å². The molecule has 1 rings (SSSR count). The third kappa shape index (κ3) is 4.35. The number of halogens is 2. The second-order valence-electron chi connectivity index (χ2n) is 4.39. The molecule has 0 heterocycles. The molecule has 4 heteroatoms. The molecule has 18 heavy (non-hydrogen) atoms. The van der Waals surface area contributed by atoms with Crippen LogP contribution in [0.5, 0.6) is 0 Å². The Balaban J connectivity index is 2.69. The quantitative estimate of drug-likeness (QED) is 0.815. The molecule has 102 valence electrons. The second-order valence-corrected chi connectivity index (χ2v) is 4.39. The molecule has 2 N–H and O–H groups in total. The lowest BCUT2D eigenvalue weighted by atomic mass is 9.98. The van der Waals surface area contributed by atoms with E-state index in [2.05, 4.69) is 6.92 Å². The standard InChI is InChI=1S/C14H21F2NO/c1-3-5-14(18-4-2)13(17)8-10-6-7-11(15)9-12(10)16/h6-7,9,13-14H,3-5,8,17H2,1-2H3. The van der Waals surface area contributed by atoms with Crippen LogP contribution in [0.15, 0.2) is 18.2 Å². The minimum Gasteiger partial charge on any atom is -0.377 e. The molecule has 0 amide bonds. The molecule has 0 aliphatic carbocycles. The first-order valence-corrected chi connectivity index (χ1v) is 6.39. The molecule has 0 aliphatic heterocycles. The molecule has 0 spiro atoms. The molecule has 2 unspecified atom stereocenters. The van der Waals surface area contributed by atoms with Crippen LogP contribution in [0, 0.1) is 11.6 Å². The lowest BCUT2D eigenvalue weighted by Crippen LogP contribution is -2.38. The first-order chi connectivity index (χ1) is 8.58. The van der Waals surface area contributed by atoms with Crippen LogP contribution in [0.3, 0.4) is 0 Å². The van der Waals surface area contributed by atoms with Crippen LogP contribution in [-0.4, -0.2) is 18.8 Å². The van der Waals surface area contributed by atoms with Crippen LogP contribution in [0.25, 0.3) is 0 Å². The van der Waals surface area contributed by atoms with E-state index >= 15 is 0 Å². The molecular formula is C14H21F2NO. The third-order valence-corrected chi connectivity index (χ3v) is 2.90. The number of rotatable bonds is 7. The molecular weight excluding hydrogens is 236 g/mol. The Hall–Kier alpha value is -1.00. The Bertz CT molecular complexity index is 365. The van der Waals surface area contributed by atoms with E-state index in [4.69, 9.17) is 10.5 Å². The van der Waals surface area contributed by atoms with Gasteiger partial charge in [-0.15, -0.1) is 0 Å². The number of hydrogen-bond donors (Lipinski definition) is 1. The molecule has 0 aliphatic rings. The topological polar surface area (TPSA) is 35.2 Å². The molecule has 0 aromatic heterocycles. The summed E-state index contributed by atoms with van der Waals surface area (Å²) >= 11 is 0. The third-order valence-electron chi connectivity index (χ3n) is 2.90. The van der Waals surface area contributed by atoms with Gasteiger partial charge in [-0.25, -0.2) is 8.78 Å². The van der Waals surface area contributed by atoms with Crippen molar-refractivity contribution in [2.75, 3.05) is 6.61 Å². The van der Waals surface area contributed by atoms with Crippen LogP contribution in [-0.2, 0) is 11.2 Å². The highest BCUT2D eigenvalue weighted by molar-refractivity contribution is 5.19. The van der Waals surface area contributed by atoms with Gasteiger partial charge in [0.1, 0.15) is 11.6 Å². The first-order valence-electron chi connectivity index (χ1n) is 6.39. The zero-order chi connectivity index (χ0) is 13.5. The van der Waals surface area contributed by atoms with Gasteiger partial charge in [-0.3, -0.25) is 0 Å². The monoisotopic (exact) mass is 257 g/mol. The predicted octanol–water partition coefficient (Wildman–Crippen LogP) is 3.04. The molecule has 0 saturated heterocycles. The van der Waals surface area contributed by atoms with E-state index in [-0.39, 0.29) is 12.1 Å². The van der Waals surface area contributed by atoms with Crippen LogP contribution in [0.2, 0.25) is 0 Å². The fourth-order valence-corrected chi connectivity index (χ4v) is 1.99. The van der Waals surface area contributed by atoms with Crippen molar-refractivity contribution < 1.29 is 13.5 Å². The molecule has 2 nitrogen and oxygen atoms in total. The van der Waals surface area contributed by atoms with Crippen molar-refractivity contribution in [1.29, 1.82) is 0 Å². The van der Waals surface area contributed by atoms with Crippen molar-refractivity contribution in [2.24, 2.45) is 5.73 Å². The molecule has 0 fully saturated rings. The minimum absolute atomic E-state index is 0.0792. The maximum atomic E-state index is 13.5. The van der Waals surface area contributed by atoms with E-state index in [0.29, 0.717) is 18.6 Å². The van der Waals surface area contributed by atoms with Gasteiger partial charge in [0.15, 0.2) is 0 Å². The Morgan fingerprint density at radius 2 is 2.00 bits per heavy atom. The van der Waals surface area contributed by atoms with Gasteiger partial charge in [-0.05, 0) is 31.4 Å². The van der Waals surface area contributed by atoms with Crippen LogP contribution >= 0.6 is 0 Å². The van der Waals surface area contributed by atoms with Crippen LogP contribution in [0.1, 0.15) is 32.3 Å². The minimum atomic E-state index is -0.570. The average Bonchev–Trinajstić information content (AvgIpc) is 2.32. The van der Waals surface area contributed by atoms with E-state index in [9.17, 15) is 8.78 Å². The Morgan fingerprint density at radius 1 is 1.28 bits per heavy atom. The zero-order valence-corrected chi connectivity index (χ0v) is 11.0. The summed E-state index contributed by atoms with van der Waals surface area (Å²) in [6, 6.07) is 3.31. The average molecular weight is 257 g/mol. The number of nitrogens with two attached hydrogens (primary N) is 1. The number of hydrogen-bond acceptors (Lipinski definition) is 2. The fraction of sp³-hybridized carbons (Fsp3) is 0.571. The largest absolute Gasteiger partial charge is 0.377 e. The summed E-state index contributed by atoms with van der Waals surface area (Å²) in [5, 5.41) is 0. The van der Waals surface area contributed by atoms with E-state index in [0.717, 1.165) is 18.9 Å². The Morgan fingerprint density at radius 3 is 2.56 bits per heavy atom. The summed E-state index contributed by atoms with van der Waals surface area (Å²) in [7, 11) is 0. The highest BCUT2D eigenvalue weighted by Crippen LogP contribution is 2.15. The zero-order valence-electron chi connectivity index (χ0n) is 11.0. The summed E-state index contributed by atoms with van der Waals surface area (Å²) in [5.41, 5.74) is 6.48. The van der Waals surface area contributed by atoms with Gasteiger partial charge in [0, 0.05) is 18.7 Å². The summed E-state index contributed by atoms with van der Waals surface area (Å²) in [4.78, 5) is 0. The SMILES string of the molecule is CCCC(OCC)C(N)Cc1ccc(F)cc1F. The first kappa shape index (κ1) is 15.1. The summed E-state index contributed by atoms with van der Waals surface area (Å²) in [6.07, 6.45) is 2.09. The normalized spacial score (nSPS) is 14.5. The lowest BCUT2D eigenvalue weighted by Gasteiger charge is -2.23. The summed E-state index contributed by atoms with van der Waals surface area (Å²) in [5.74, 6) is -1.11. The molecule has 0 saturated carbocycles. The van der Waals surface area contributed by atoms with Gasteiger partial charge >= 0.3 is 0 Å². The van der Waals surface area contributed by atoms with Gasteiger partial charge in [-0.2, -0.15) is 0 Å². The maximum absolute atomic E-state index is 13.5. The van der Waals surface area contributed by atoms with Gasteiger partial charge < -0.3 is 10.5 Å². The van der Waals surface area contributed by atoms with Crippen molar-refractivity contribution in [3.63, 3.8) is 0 Å². The molecule has 2 atom stereocenters. The van der Waals surface area contributed by atoms with Gasteiger partial charge in [0.25, 0.3) is 0 Å². The molecule has 1 aromatic rings. The highest BCUT2D eigenvalue weighted by Gasteiger charge is 2.19. The van der Waals surface area contributed by atoms with E-state index < -0.39 is 11.6 Å². The van der Waals surface area contributed by atoms with Gasteiger partial charge in [0.2, 0.25) is 0 Å². The van der Waals surface area contributed by atoms with Crippen molar-refractivity contribution in [1.82, 2.24) is 0 Å². The van der Waals surface area contributed by atoms with Crippen molar-refractivity contribution >= 4 is 0 Å². The molecule has 1 aromatic carbocycles. The van der Waals surface area contributed by atoms with E-state index in [1.54, 1.807) is 0 Å². The maximum Gasteiger partial charge on any atom is 0.129 e. The van der Waals surface area contributed by atoms with Crippen molar-refractivity contribution in [3.8, 4) is 0 Å². The highest BCUT2D eigenvalue weighted by atomic mass is 19.1. The fourth-order valence-electron chi connectivity index (χ4n) is 1.99. The van der Waals surface area contributed by atoms with Crippen molar-refractivity contribution in [2.45, 2.75) is 45.3 Å². The second kappa shape index (κ2) is 7.44. The smallest absolute Gasteiger partial charge is 0.129 e. The summed E-state index contributed by atoms with van der Waals surface area (Å²) < 4.78 is 31.9. The predicted molar refractivity (Wildman–Crippen MR) is 68.4 cm³/mol. The number of benzene rings is 1.